The zero-order valence-electron chi connectivity index (χ0n) is 13.6. The van der Waals surface area contributed by atoms with Crippen molar-refractivity contribution in [1.29, 1.82) is 0 Å². The van der Waals surface area contributed by atoms with Crippen LogP contribution in [0.25, 0.3) is 0 Å². The summed E-state index contributed by atoms with van der Waals surface area (Å²) in [6, 6.07) is 0. The van der Waals surface area contributed by atoms with Crippen LogP contribution in [0, 0.1) is 5.92 Å². The van der Waals surface area contributed by atoms with Gasteiger partial charge in [-0.05, 0) is 19.8 Å². The lowest BCUT2D eigenvalue weighted by molar-refractivity contribution is 0.385. The molecule has 1 rings (SSSR count). The lowest BCUT2D eigenvalue weighted by Gasteiger charge is -2.15. The molecule has 1 aliphatic carbocycles. The molecule has 0 aliphatic heterocycles. The number of allylic oxidation sites excluding steroid dienone is 2. The Morgan fingerprint density at radius 3 is 1.39 bits per heavy atom. The van der Waals surface area contributed by atoms with Crippen molar-refractivity contribution in [3.05, 3.63) is 24.3 Å². The fourth-order valence-electron chi connectivity index (χ4n) is 1.66. The fourth-order valence-corrected chi connectivity index (χ4v) is 1.66. The van der Waals surface area contributed by atoms with Gasteiger partial charge < -0.3 is 0 Å². The van der Waals surface area contributed by atoms with Crippen LogP contribution in [0.15, 0.2) is 24.3 Å². The van der Waals surface area contributed by atoms with Gasteiger partial charge in [0, 0.05) is 0 Å². The molecule has 1 fully saturated rings. The molecule has 0 heteroatoms. The van der Waals surface area contributed by atoms with E-state index in [4.69, 9.17) is 0 Å². The smallest absolute Gasteiger partial charge is 0.0401 e. The van der Waals surface area contributed by atoms with E-state index >= 15 is 0 Å². The highest BCUT2D eigenvalue weighted by molar-refractivity contribution is 5.19. The van der Waals surface area contributed by atoms with Gasteiger partial charge in [0.2, 0.25) is 0 Å². The van der Waals surface area contributed by atoms with Crippen LogP contribution >= 0.6 is 0 Å². The van der Waals surface area contributed by atoms with Gasteiger partial charge >= 0.3 is 0 Å². The Bertz CT molecular complexity index is 180. The molecule has 0 radical (unpaired) electrons. The third kappa shape index (κ3) is 17.9. The summed E-state index contributed by atoms with van der Waals surface area (Å²) in [5.74, 6) is 1.04. The van der Waals surface area contributed by atoms with Crippen molar-refractivity contribution in [2.75, 3.05) is 0 Å². The van der Waals surface area contributed by atoms with E-state index in [-0.39, 0.29) is 0 Å². The second-order valence-electron chi connectivity index (χ2n) is 5.66. The summed E-state index contributed by atoms with van der Waals surface area (Å²) in [7, 11) is 0. The van der Waals surface area contributed by atoms with E-state index in [1.54, 1.807) is 0 Å². The quantitative estimate of drug-likeness (QED) is 0.478. The number of hydrogen-bond donors (Lipinski definition) is 0. The lowest BCUT2D eigenvalue weighted by atomic mass is 9.91. The van der Waals surface area contributed by atoms with Crippen LogP contribution in [0.3, 0.4) is 0 Å². The first-order valence-corrected chi connectivity index (χ1v) is 7.77. The average Bonchev–Trinajstić information content (AvgIpc) is 2.32. The van der Waals surface area contributed by atoms with Gasteiger partial charge in [0.1, 0.15) is 0 Å². The maximum Gasteiger partial charge on any atom is -0.0401 e. The van der Waals surface area contributed by atoms with Gasteiger partial charge in [-0.15, -0.1) is 0 Å². The van der Waals surface area contributed by atoms with E-state index in [1.165, 1.54) is 51.4 Å². The van der Waals surface area contributed by atoms with Crippen LogP contribution in [0.2, 0.25) is 0 Å². The molecule has 0 aromatic rings. The topological polar surface area (TPSA) is 0 Å². The van der Waals surface area contributed by atoms with E-state index in [9.17, 15) is 0 Å². The third-order valence-corrected chi connectivity index (χ3v) is 3.33. The second kappa shape index (κ2) is 14.5. The molecule has 1 saturated carbocycles. The Morgan fingerprint density at radius 1 is 0.889 bits per heavy atom. The molecule has 0 heterocycles. The summed E-state index contributed by atoms with van der Waals surface area (Å²) in [4.78, 5) is 0. The fraction of sp³-hybridized carbons (Fsp3) is 0.778. The molecule has 0 bridgehead atoms. The van der Waals surface area contributed by atoms with Crippen LogP contribution in [0.1, 0.15) is 86.0 Å². The van der Waals surface area contributed by atoms with Crippen molar-refractivity contribution < 1.29 is 0 Å². The minimum Gasteiger partial charge on any atom is -0.0959 e. The molecule has 1 aliphatic rings. The van der Waals surface area contributed by atoms with Gasteiger partial charge in [-0.1, -0.05) is 96.4 Å². The maximum atomic E-state index is 3.66. The predicted octanol–water partition coefficient (Wildman–Crippen LogP) is 6.92. The molecule has 18 heavy (non-hydrogen) atoms. The van der Waals surface area contributed by atoms with Gasteiger partial charge in [0.25, 0.3) is 0 Å². The molecule has 0 nitrogen and oxygen atoms in total. The first kappa shape index (κ1) is 19.8. The van der Waals surface area contributed by atoms with Crippen molar-refractivity contribution >= 4 is 0 Å². The van der Waals surface area contributed by atoms with Gasteiger partial charge in [-0.3, -0.25) is 0 Å². The van der Waals surface area contributed by atoms with E-state index < -0.39 is 0 Å². The molecule has 0 atom stereocenters. The van der Waals surface area contributed by atoms with Gasteiger partial charge in [0.05, 0.1) is 0 Å². The number of rotatable bonds is 3. The van der Waals surface area contributed by atoms with Gasteiger partial charge in [-0.25, -0.2) is 0 Å². The molecule has 0 unspecified atom stereocenters. The van der Waals surface area contributed by atoms with Crippen LogP contribution < -0.4 is 0 Å². The first-order valence-electron chi connectivity index (χ1n) is 7.77. The van der Waals surface area contributed by atoms with Crippen molar-refractivity contribution in [3.63, 3.8) is 0 Å². The minimum absolute atomic E-state index is 1.04. The summed E-state index contributed by atoms with van der Waals surface area (Å²) >= 11 is 0. The molecular formula is C18H36. The Labute approximate surface area is 117 Å². The molecule has 0 N–H and O–H groups in total. The Kier molecular flexibility index (Phi) is 16.0. The van der Waals surface area contributed by atoms with Crippen LogP contribution in [-0.4, -0.2) is 0 Å². The maximum absolute atomic E-state index is 3.66. The molecule has 0 amide bonds. The van der Waals surface area contributed by atoms with Gasteiger partial charge in [0.15, 0.2) is 0 Å². The molecular weight excluding hydrogens is 216 g/mol. The van der Waals surface area contributed by atoms with Crippen LogP contribution in [0.5, 0.6) is 0 Å². The number of unbranched alkanes of at least 4 members (excludes halogenated alkanes) is 2. The Morgan fingerprint density at radius 2 is 1.28 bits per heavy atom. The standard InChI is InChI=1S/C7H14.C6H10.C5H12/c1-7-5-3-2-4-6-7;1-5(2)6(3)4;1-3-5-4-2/h7H,2-6H2,1H3;1,3H2,2,4H3;3-5H2,1-2H3. The summed E-state index contributed by atoms with van der Waals surface area (Å²) < 4.78 is 0. The minimum atomic E-state index is 1.04. The predicted molar refractivity (Wildman–Crippen MR) is 87.1 cm³/mol. The second-order valence-corrected chi connectivity index (χ2v) is 5.66. The Balaban J connectivity index is 0. The van der Waals surface area contributed by atoms with E-state index in [0.29, 0.717) is 0 Å². The zero-order chi connectivity index (χ0) is 14.4. The summed E-state index contributed by atoms with van der Waals surface area (Å²) in [6.45, 7) is 18.0. The van der Waals surface area contributed by atoms with Crippen LogP contribution in [-0.2, 0) is 0 Å². The lowest BCUT2D eigenvalue weighted by Crippen LogP contribution is -1.99. The SMILES string of the molecule is C=C(C)C(=C)C.CC1CCCCC1.CCCCC. The van der Waals surface area contributed by atoms with Crippen molar-refractivity contribution in [2.45, 2.75) is 86.0 Å². The van der Waals surface area contributed by atoms with Gasteiger partial charge in [-0.2, -0.15) is 0 Å². The Hall–Kier alpha value is -0.520. The summed E-state index contributed by atoms with van der Waals surface area (Å²) in [5.41, 5.74) is 2.13. The zero-order valence-corrected chi connectivity index (χ0v) is 13.6. The summed E-state index contributed by atoms with van der Waals surface area (Å²) in [6.07, 6.45) is 11.5. The number of hydrogen-bond acceptors (Lipinski definition) is 0. The molecule has 0 aromatic heterocycles. The molecule has 0 spiro atoms. The van der Waals surface area contributed by atoms with E-state index in [2.05, 4.69) is 33.9 Å². The summed E-state index contributed by atoms with van der Waals surface area (Å²) in [5, 5.41) is 0. The third-order valence-electron chi connectivity index (χ3n) is 3.33. The normalized spacial score (nSPS) is 14.7. The average molecular weight is 252 g/mol. The highest BCUT2D eigenvalue weighted by Crippen LogP contribution is 2.22. The van der Waals surface area contributed by atoms with E-state index in [0.717, 1.165) is 17.1 Å². The van der Waals surface area contributed by atoms with Crippen molar-refractivity contribution in [2.24, 2.45) is 5.92 Å². The highest BCUT2D eigenvalue weighted by atomic mass is 14.1. The monoisotopic (exact) mass is 252 g/mol. The largest absolute Gasteiger partial charge is 0.0959 e. The van der Waals surface area contributed by atoms with Crippen LogP contribution in [0.4, 0.5) is 0 Å². The van der Waals surface area contributed by atoms with Crippen molar-refractivity contribution in [3.8, 4) is 0 Å². The first-order chi connectivity index (χ1) is 8.45. The highest BCUT2D eigenvalue weighted by Gasteiger charge is 2.05. The molecule has 0 saturated heterocycles. The van der Waals surface area contributed by atoms with Crippen molar-refractivity contribution in [1.82, 2.24) is 0 Å². The van der Waals surface area contributed by atoms with E-state index in [1.807, 2.05) is 13.8 Å². The molecule has 0 aromatic carbocycles. The molecule has 108 valence electrons.